The smallest absolute Gasteiger partial charge is 0.273 e. The molecular weight excluding hydrogens is 314 g/mol. The lowest BCUT2D eigenvalue weighted by Crippen LogP contribution is -2.59. The van der Waals surface area contributed by atoms with Gasteiger partial charge < -0.3 is 14.2 Å². The molecule has 1 spiro atoms. The first-order valence-corrected chi connectivity index (χ1v) is 8.53. The highest BCUT2D eigenvalue weighted by Gasteiger charge is 2.50. The molecule has 2 aromatic heterocycles. The third-order valence-electron chi connectivity index (χ3n) is 4.81. The third kappa shape index (κ3) is 2.35. The Morgan fingerprint density at radius 2 is 2.04 bits per heavy atom. The van der Waals surface area contributed by atoms with E-state index >= 15 is 0 Å². The molecule has 0 saturated carbocycles. The van der Waals surface area contributed by atoms with Crippen molar-refractivity contribution in [2.24, 2.45) is 5.41 Å². The van der Waals surface area contributed by atoms with Gasteiger partial charge in [-0.05, 0) is 19.4 Å². The van der Waals surface area contributed by atoms with Crippen LogP contribution in [0.2, 0.25) is 0 Å². The van der Waals surface area contributed by atoms with Crippen LogP contribution in [0.3, 0.4) is 0 Å². The summed E-state index contributed by atoms with van der Waals surface area (Å²) in [5.74, 6) is 0.674. The minimum atomic E-state index is -0.00131. The Morgan fingerprint density at radius 3 is 2.70 bits per heavy atom. The van der Waals surface area contributed by atoms with E-state index in [1.54, 1.807) is 30.1 Å². The van der Waals surface area contributed by atoms with E-state index in [0.29, 0.717) is 36.7 Å². The Hall–Kier alpha value is -2.15. The summed E-state index contributed by atoms with van der Waals surface area (Å²) in [6, 6.07) is 1.72. The van der Waals surface area contributed by atoms with E-state index in [9.17, 15) is 9.59 Å². The van der Waals surface area contributed by atoms with Crippen LogP contribution in [0.25, 0.3) is 0 Å². The molecule has 0 N–H and O–H groups in total. The van der Waals surface area contributed by atoms with Crippen molar-refractivity contribution in [2.75, 3.05) is 26.2 Å². The van der Waals surface area contributed by atoms with Gasteiger partial charge in [-0.15, -0.1) is 11.3 Å². The topological polar surface area (TPSA) is 66.7 Å². The van der Waals surface area contributed by atoms with E-state index in [2.05, 4.69) is 4.98 Å². The van der Waals surface area contributed by atoms with E-state index in [4.69, 9.17) is 4.42 Å². The quantitative estimate of drug-likeness (QED) is 0.844. The average molecular weight is 331 g/mol. The normalized spacial score (nSPS) is 19.2. The summed E-state index contributed by atoms with van der Waals surface area (Å²) < 4.78 is 5.20. The summed E-state index contributed by atoms with van der Waals surface area (Å²) in [5, 5.41) is 1.78. The van der Waals surface area contributed by atoms with Crippen molar-refractivity contribution >= 4 is 23.2 Å². The summed E-state index contributed by atoms with van der Waals surface area (Å²) >= 11 is 1.43. The van der Waals surface area contributed by atoms with Crippen molar-refractivity contribution in [3.05, 3.63) is 40.2 Å². The van der Waals surface area contributed by atoms with E-state index in [1.165, 1.54) is 11.3 Å². The number of hydrogen-bond acceptors (Lipinski definition) is 5. The first-order chi connectivity index (χ1) is 11.1. The van der Waals surface area contributed by atoms with E-state index in [0.717, 1.165) is 13.0 Å². The third-order valence-corrected chi connectivity index (χ3v) is 5.39. The summed E-state index contributed by atoms with van der Waals surface area (Å²) in [6.07, 6.45) is 2.49. The molecule has 23 heavy (non-hydrogen) atoms. The summed E-state index contributed by atoms with van der Waals surface area (Å²) in [4.78, 5) is 32.6. The van der Waals surface area contributed by atoms with Crippen LogP contribution in [0.4, 0.5) is 0 Å². The molecule has 2 aliphatic rings. The molecule has 0 atom stereocenters. The Balaban J connectivity index is 1.39. The number of thiazole rings is 1. The Morgan fingerprint density at radius 1 is 1.26 bits per heavy atom. The maximum Gasteiger partial charge on any atom is 0.273 e. The van der Waals surface area contributed by atoms with Crippen LogP contribution in [-0.4, -0.2) is 52.8 Å². The van der Waals surface area contributed by atoms with Gasteiger partial charge >= 0.3 is 0 Å². The van der Waals surface area contributed by atoms with Gasteiger partial charge in [0.1, 0.15) is 11.5 Å². The zero-order chi connectivity index (χ0) is 16.0. The Bertz CT molecular complexity index is 746. The molecule has 0 unspecified atom stereocenters. The summed E-state index contributed by atoms with van der Waals surface area (Å²) in [7, 11) is 0. The molecule has 2 amide bonds. The first-order valence-electron chi connectivity index (χ1n) is 7.59. The van der Waals surface area contributed by atoms with Gasteiger partial charge in [0.05, 0.1) is 17.3 Å². The first kappa shape index (κ1) is 14.4. The number of rotatable bonds is 2. The maximum absolute atomic E-state index is 12.4. The summed E-state index contributed by atoms with van der Waals surface area (Å²) in [5.41, 5.74) is 2.89. The van der Waals surface area contributed by atoms with E-state index < -0.39 is 0 Å². The number of furan rings is 1. The van der Waals surface area contributed by atoms with Crippen LogP contribution in [0.5, 0.6) is 0 Å². The number of amides is 2. The van der Waals surface area contributed by atoms with Crippen molar-refractivity contribution in [3.8, 4) is 0 Å². The van der Waals surface area contributed by atoms with E-state index in [-0.39, 0.29) is 17.2 Å². The fourth-order valence-corrected chi connectivity index (χ4v) is 4.06. The van der Waals surface area contributed by atoms with Crippen LogP contribution in [0.1, 0.15) is 33.0 Å². The molecule has 0 aromatic carbocycles. The number of carbonyl (C=O) groups is 2. The largest absolute Gasteiger partial charge is 0.469 e. The van der Waals surface area contributed by atoms with Crippen LogP contribution in [0, 0.1) is 12.3 Å². The lowest BCUT2D eigenvalue weighted by atomic mass is 9.78. The maximum atomic E-state index is 12.4. The van der Waals surface area contributed by atoms with Crippen LogP contribution < -0.4 is 0 Å². The number of carbonyl (C=O) groups excluding carboxylic acids is 2. The molecule has 0 radical (unpaired) electrons. The SMILES string of the molecule is Cc1occc1C(=O)N1CC2(CCN(C(=O)c3cscn3)C2)C1. The minimum absolute atomic E-state index is 0.00131. The van der Waals surface area contributed by atoms with Crippen LogP contribution in [0.15, 0.2) is 27.6 Å². The summed E-state index contributed by atoms with van der Waals surface area (Å²) in [6.45, 7) is 4.65. The van der Waals surface area contributed by atoms with Gasteiger partial charge in [-0.3, -0.25) is 9.59 Å². The van der Waals surface area contributed by atoms with Gasteiger partial charge in [-0.25, -0.2) is 4.98 Å². The standard InChI is InChI=1S/C16H17N3O3S/c1-11-12(2-5-22-11)14(20)19-8-16(9-19)3-4-18(7-16)15(21)13-6-23-10-17-13/h2,5-6,10H,3-4,7-9H2,1H3. The molecular formula is C16H17N3O3S. The highest BCUT2D eigenvalue weighted by atomic mass is 32.1. The molecule has 0 bridgehead atoms. The lowest BCUT2D eigenvalue weighted by molar-refractivity contribution is 0.0109. The molecule has 7 heteroatoms. The molecule has 120 valence electrons. The fourth-order valence-electron chi connectivity index (χ4n) is 3.53. The van der Waals surface area contributed by atoms with Gasteiger partial charge in [-0.1, -0.05) is 0 Å². The fraction of sp³-hybridized carbons (Fsp3) is 0.438. The second kappa shape index (κ2) is 5.19. The highest BCUT2D eigenvalue weighted by molar-refractivity contribution is 7.07. The number of aryl methyl sites for hydroxylation is 1. The number of nitrogens with zero attached hydrogens (tertiary/aromatic N) is 3. The lowest BCUT2D eigenvalue weighted by Gasteiger charge is -2.47. The van der Waals surface area contributed by atoms with Gasteiger partial charge in [-0.2, -0.15) is 0 Å². The number of hydrogen-bond donors (Lipinski definition) is 0. The molecule has 2 saturated heterocycles. The van der Waals surface area contributed by atoms with Gasteiger partial charge in [0, 0.05) is 37.0 Å². The second-order valence-corrected chi connectivity index (χ2v) is 7.12. The molecule has 4 rings (SSSR count). The van der Waals surface area contributed by atoms with Crippen molar-refractivity contribution in [2.45, 2.75) is 13.3 Å². The van der Waals surface area contributed by atoms with Crippen molar-refractivity contribution < 1.29 is 14.0 Å². The van der Waals surface area contributed by atoms with Gasteiger partial charge in [0.15, 0.2) is 0 Å². The number of likely N-dealkylation sites (tertiary alicyclic amines) is 2. The van der Waals surface area contributed by atoms with Crippen LogP contribution in [-0.2, 0) is 0 Å². The molecule has 2 fully saturated rings. The van der Waals surface area contributed by atoms with Crippen molar-refractivity contribution in [3.63, 3.8) is 0 Å². The molecule has 6 nitrogen and oxygen atoms in total. The molecule has 2 aromatic rings. The number of aromatic nitrogens is 1. The van der Waals surface area contributed by atoms with Crippen LogP contribution >= 0.6 is 11.3 Å². The predicted octanol–water partition coefficient (Wildman–Crippen LogP) is 2.03. The van der Waals surface area contributed by atoms with E-state index in [1.807, 2.05) is 9.80 Å². The Labute approximate surface area is 137 Å². The zero-order valence-corrected chi connectivity index (χ0v) is 13.6. The second-order valence-electron chi connectivity index (χ2n) is 6.40. The van der Waals surface area contributed by atoms with Gasteiger partial charge in [0.2, 0.25) is 0 Å². The monoisotopic (exact) mass is 331 g/mol. The average Bonchev–Trinajstić information content (AvgIpc) is 3.24. The van der Waals surface area contributed by atoms with Crippen molar-refractivity contribution in [1.29, 1.82) is 0 Å². The Kier molecular flexibility index (Phi) is 3.26. The molecule has 2 aliphatic heterocycles. The highest BCUT2D eigenvalue weighted by Crippen LogP contribution is 2.40. The van der Waals surface area contributed by atoms with Crippen molar-refractivity contribution in [1.82, 2.24) is 14.8 Å². The molecule has 4 heterocycles. The molecule has 0 aliphatic carbocycles. The van der Waals surface area contributed by atoms with Gasteiger partial charge in [0.25, 0.3) is 11.8 Å². The predicted molar refractivity (Wildman–Crippen MR) is 84.4 cm³/mol. The minimum Gasteiger partial charge on any atom is -0.469 e. The zero-order valence-electron chi connectivity index (χ0n) is 12.8.